The standard InChI is InChI=1S/C16H25N5S/c1-12(2)11-21-8-7-18-15(21)10-20-16(17-4)19-9-14-6-5-13(3)22-14/h5-8,12H,9-11H2,1-4H3,(H2,17,19,20). The molecule has 2 heterocycles. The third-order valence-electron chi connectivity index (χ3n) is 3.23. The van der Waals surface area contributed by atoms with Crippen molar-refractivity contribution in [1.29, 1.82) is 0 Å². The van der Waals surface area contributed by atoms with Crippen LogP contribution in [0.5, 0.6) is 0 Å². The number of thiophene rings is 1. The van der Waals surface area contributed by atoms with Crippen LogP contribution in [0.15, 0.2) is 29.5 Å². The number of hydrogen-bond acceptors (Lipinski definition) is 3. The molecule has 0 unspecified atom stereocenters. The number of guanidine groups is 1. The molecule has 0 aliphatic rings. The molecule has 2 rings (SSSR count). The molecule has 0 bridgehead atoms. The molecule has 22 heavy (non-hydrogen) atoms. The zero-order valence-electron chi connectivity index (χ0n) is 13.8. The van der Waals surface area contributed by atoms with Crippen LogP contribution in [-0.4, -0.2) is 22.6 Å². The Bertz CT molecular complexity index is 612. The fourth-order valence-electron chi connectivity index (χ4n) is 2.20. The van der Waals surface area contributed by atoms with E-state index in [9.17, 15) is 0 Å². The fourth-order valence-corrected chi connectivity index (χ4v) is 3.03. The van der Waals surface area contributed by atoms with Gasteiger partial charge in [0.05, 0.1) is 13.1 Å². The first-order valence-corrected chi connectivity index (χ1v) is 8.40. The van der Waals surface area contributed by atoms with Crippen molar-refractivity contribution < 1.29 is 0 Å². The van der Waals surface area contributed by atoms with E-state index in [0.29, 0.717) is 12.5 Å². The van der Waals surface area contributed by atoms with Crippen LogP contribution in [0.4, 0.5) is 0 Å². The number of imidazole rings is 1. The van der Waals surface area contributed by atoms with E-state index in [4.69, 9.17) is 0 Å². The molecule has 2 aromatic rings. The minimum atomic E-state index is 0.604. The zero-order valence-corrected chi connectivity index (χ0v) is 14.6. The number of rotatable bonds is 6. The molecule has 0 saturated heterocycles. The molecular weight excluding hydrogens is 294 g/mol. The van der Waals surface area contributed by atoms with Gasteiger partial charge in [-0.15, -0.1) is 11.3 Å². The van der Waals surface area contributed by atoms with Crippen molar-refractivity contribution in [2.45, 2.75) is 40.4 Å². The second-order valence-electron chi connectivity index (χ2n) is 5.68. The predicted octanol–water partition coefficient (Wildman–Crippen LogP) is 2.77. The molecule has 0 amide bonds. The maximum absolute atomic E-state index is 4.42. The van der Waals surface area contributed by atoms with Gasteiger partial charge >= 0.3 is 0 Å². The lowest BCUT2D eigenvalue weighted by Gasteiger charge is -2.13. The SMILES string of the molecule is CN=C(NCc1ccc(C)s1)NCc1nccn1CC(C)C. The highest BCUT2D eigenvalue weighted by Gasteiger charge is 2.06. The lowest BCUT2D eigenvalue weighted by atomic mass is 10.2. The highest BCUT2D eigenvalue weighted by molar-refractivity contribution is 7.11. The van der Waals surface area contributed by atoms with Gasteiger partial charge in [0.25, 0.3) is 0 Å². The summed E-state index contributed by atoms with van der Waals surface area (Å²) in [6, 6.07) is 4.29. The van der Waals surface area contributed by atoms with Gasteiger partial charge in [0.15, 0.2) is 5.96 Å². The Balaban J connectivity index is 1.85. The summed E-state index contributed by atoms with van der Waals surface area (Å²) in [7, 11) is 1.79. The molecule has 5 nitrogen and oxygen atoms in total. The van der Waals surface area contributed by atoms with Crippen molar-refractivity contribution in [3.05, 3.63) is 40.1 Å². The van der Waals surface area contributed by atoms with E-state index < -0.39 is 0 Å². The van der Waals surface area contributed by atoms with E-state index in [1.54, 1.807) is 18.4 Å². The zero-order chi connectivity index (χ0) is 15.9. The van der Waals surface area contributed by atoms with Gasteiger partial charge in [0.1, 0.15) is 5.82 Å². The summed E-state index contributed by atoms with van der Waals surface area (Å²) in [5.74, 6) is 2.43. The highest BCUT2D eigenvalue weighted by Crippen LogP contribution is 2.14. The van der Waals surface area contributed by atoms with E-state index in [-0.39, 0.29) is 0 Å². The number of nitrogens with zero attached hydrogens (tertiary/aromatic N) is 3. The topological polar surface area (TPSA) is 54.2 Å². The van der Waals surface area contributed by atoms with Crippen molar-refractivity contribution in [2.24, 2.45) is 10.9 Å². The van der Waals surface area contributed by atoms with Crippen LogP contribution in [0, 0.1) is 12.8 Å². The molecule has 0 atom stereocenters. The molecule has 0 radical (unpaired) electrons. The Morgan fingerprint density at radius 2 is 2.09 bits per heavy atom. The predicted molar refractivity (Wildman–Crippen MR) is 93.2 cm³/mol. The summed E-state index contributed by atoms with van der Waals surface area (Å²) in [5, 5.41) is 6.66. The van der Waals surface area contributed by atoms with Crippen LogP contribution in [0.2, 0.25) is 0 Å². The minimum absolute atomic E-state index is 0.604. The number of aromatic nitrogens is 2. The molecule has 2 aromatic heterocycles. The maximum atomic E-state index is 4.42. The quantitative estimate of drug-likeness (QED) is 0.636. The fraction of sp³-hybridized carbons (Fsp3) is 0.500. The summed E-state index contributed by atoms with van der Waals surface area (Å²) in [4.78, 5) is 11.3. The monoisotopic (exact) mass is 319 g/mol. The molecule has 2 N–H and O–H groups in total. The minimum Gasteiger partial charge on any atom is -0.352 e. The molecular formula is C16H25N5S. The maximum Gasteiger partial charge on any atom is 0.191 e. The number of nitrogens with one attached hydrogen (secondary N) is 2. The number of aliphatic imine (C=N–C) groups is 1. The summed E-state index contributed by atoms with van der Waals surface area (Å²) in [5.41, 5.74) is 0. The number of aryl methyl sites for hydroxylation is 1. The van der Waals surface area contributed by atoms with Gasteiger partial charge in [-0.05, 0) is 25.0 Å². The van der Waals surface area contributed by atoms with E-state index in [1.165, 1.54) is 9.75 Å². The van der Waals surface area contributed by atoms with Gasteiger partial charge in [-0.2, -0.15) is 0 Å². The van der Waals surface area contributed by atoms with Gasteiger partial charge in [-0.25, -0.2) is 4.98 Å². The Morgan fingerprint density at radius 1 is 1.32 bits per heavy atom. The second kappa shape index (κ2) is 7.98. The van der Waals surface area contributed by atoms with Gasteiger partial charge < -0.3 is 15.2 Å². The first-order valence-electron chi connectivity index (χ1n) is 7.58. The van der Waals surface area contributed by atoms with Gasteiger partial charge in [-0.1, -0.05) is 13.8 Å². The van der Waals surface area contributed by atoms with Crippen molar-refractivity contribution in [3.63, 3.8) is 0 Å². The average molecular weight is 319 g/mol. The Labute approximate surface area is 136 Å². The van der Waals surface area contributed by atoms with Crippen LogP contribution in [0.25, 0.3) is 0 Å². The summed E-state index contributed by atoms with van der Waals surface area (Å²) in [6.45, 7) is 8.98. The number of hydrogen-bond donors (Lipinski definition) is 2. The Morgan fingerprint density at radius 3 is 2.73 bits per heavy atom. The third-order valence-corrected chi connectivity index (χ3v) is 4.23. The smallest absolute Gasteiger partial charge is 0.191 e. The molecule has 0 saturated carbocycles. The Hall–Kier alpha value is -1.82. The molecule has 0 fully saturated rings. The molecule has 0 aliphatic carbocycles. The van der Waals surface area contributed by atoms with E-state index in [2.05, 4.69) is 58.1 Å². The third kappa shape index (κ3) is 4.87. The first-order chi connectivity index (χ1) is 10.6. The van der Waals surface area contributed by atoms with E-state index in [0.717, 1.165) is 24.9 Å². The van der Waals surface area contributed by atoms with Crippen LogP contribution < -0.4 is 10.6 Å². The lowest BCUT2D eigenvalue weighted by Crippen LogP contribution is -2.36. The largest absolute Gasteiger partial charge is 0.352 e. The summed E-state index contributed by atoms with van der Waals surface area (Å²) in [6.07, 6.45) is 3.88. The van der Waals surface area contributed by atoms with Gasteiger partial charge in [-0.3, -0.25) is 4.99 Å². The van der Waals surface area contributed by atoms with Crippen molar-refractivity contribution >= 4 is 17.3 Å². The average Bonchev–Trinajstić information content (AvgIpc) is 3.08. The van der Waals surface area contributed by atoms with E-state index >= 15 is 0 Å². The van der Waals surface area contributed by atoms with Crippen molar-refractivity contribution in [1.82, 2.24) is 20.2 Å². The molecule has 0 spiro atoms. The van der Waals surface area contributed by atoms with Gasteiger partial charge in [0.2, 0.25) is 0 Å². The summed E-state index contributed by atoms with van der Waals surface area (Å²) < 4.78 is 2.19. The van der Waals surface area contributed by atoms with Crippen LogP contribution in [0.3, 0.4) is 0 Å². The van der Waals surface area contributed by atoms with Gasteiger partial charge in [0, 0.05) is 35.7 Å². The first kappa shape index (κ1) is 16.5. The molecule has 120 valence electrons. The van der Waals surface area contributed by atoms with Crippen LogP contribution in [0.1, 0.15) is 29.4 Å². The molecule has 0 aliphatic heterocycles. The highest BCUT2D eigenvalue weighted by atomic mass is 32.1. The second-order valence-corrected chi connectivity index (χ2v) is 7.05. The van der Waals surface area contributed by atoms with Crippen molar-refractivity contribution in [3.8, 4) is 0 Å². The van der Waals surface area contributed by atoms with E-state index in [1.807, 2.05) is 12.4 Å². The molecule has 0 aromatic carbocycles. The van der Waals surface area contributed by atoms with Crippen molar-refractivity contribution in [2.75, 3.05) is 7.05 Å². The Kier molecular flexibility index (Phi) is 6.00. The van der Waals surface area contributed by atoms with Crippen LogP contribution >= 0.6 is 11.3 Å². The molecule has 6 heteroatoms. The normalized spacial score (nSPS) is 12.0. The van der Waals surface area contributed by atoms with Crippen LogP contribution in [-0.2, 0) is 19.6 Å². The lowest BCUT2D eigenvalue weighted by molar-refractivity contribution is 0.503. The summed E-state index contributed by atoms with van der Waals surface area (Å²) >= 11 is 1.80.